The minimum atomic E-state index is -0.408. The molecule has 0 aliphatic heterocycles. The minimum Gasteiger partial charge on any atom is -0.508 e. The molecule has 30 heavy (non-hydrogen) atoms. The van der Waals surface area contributed by atoms with Crippen molar-refractivity contribution < 1.29 is 14.8 Å². The minimum absolute atomic E-state index is 0.0522. The average Bonchev–Trinajstić information content (AvgIpc) is 3.00. The predicted molar refractivity (Wildman–Crippen MR) is 114 cm³/mol. The van der Waals surface area contributed by atoms with Crippen molar-refractivity contribution in [2.45, 2.75) is 44.4 Å². The molecule has 2 saturated carbocycles. The summed E-state index contributed by atoms with van der Waals surface area (Å²) in [7, 11) is 0. The van der Waals surface area contributed by atoms with Gasteiger partial charge in [-0.05, 0) is 77.8 Å². The first kappa shape index (κ1) is 19.0. The van der Waals surface area contributed by atoms with E-state index in [-0.39, 0.29) is 34.5 Å². The molecule has 1 unspecified atom stereocenters. The van der Waals surface area contributed by atoms with Gasteiger partial charge in [0.15, 0.2) is 0 Å². The third kappa shape index (κ3) is 2.64. The number of phenols is 1. The molecule has 0 heterocycles. The molecule has 154 valence electrons. The third-order valence-electron chi connectivity index (χ3n) is 8.00. The molecule has 0 saturated heterocycles. The number of nitro benzene ring substituents is 1. The normalized spacial score (nSPS) is 32.3. The van der Waals surface area contributed by atoms with Crippen LogP contribution in [-0.4, -0.2) is 15.8 Å². The highest BCUT2D eigenvalue weighted by Crippen LogP contribution is 2.63. The predicted octanol–water partition coefficient (Wildman–Crippen LogP) is 5.59. The van der Waals surface area contributed by atoms with E-state index in [2.05, 4.69) is 13.5 Å². The van der Waals surface area contributed by atoms with Crippen LogP contribution in [-0.2, 0) is 4.79 Å². The molecule has 2 aromatic carbocycles. The van der Waals surface area contributed by atoms with Gasteiger partial charge in [0.1, 0.15) is 11.5 Å². The van der Waals surface area contributed by atoms with E-state index in [1.54, 1.807) is 18.2 Å². The number of carbonyl (C=O) groups excluding carboxylic acids is 1. The molecule has 5 nitrogen and oxygen atoms in total. The van der Waals surface area contributed by atoms with E-state index >= 15 is 0 Å². The van der Waals surface area contributed by atoms with Gasteiger partial charge in [-0.25, -0.2) is 0 Å². The average molecular weight is 403 g/mol. The largest absolute Gasteiger partial charge is 0.508 e. The lowest BCUT2D eigenvalue weighted by atomic mass is 9.55. The number of carbonyl (C=O) groups is 1. The van der Waals surface area contributed by atoms with Crippen LogP contribution in [0.3, 0.4) is 0 Å². The van der Waals surface area contributed by atoms with Gasteiger partial charge in [0.25, 0.3) is 5.69 Å². The van der Waals surface area contributed by atoms with Crippen LogP contribution in [0.4, 0.5) is 5.69 Å². The molecule has 5 rings (SSSR count). The number of hydrogen-bond acceptors (Lipinski definition) is 4. The molecule has 3 aliphatic rings. The number of allylic oxidation sites excluding steroid dienone is 1. The molecule has 2 fully saturated rings. The molecule has 0 bridgehead atoms. The molecular weight excluding hydrogens is 378 g/mol. The molecule has 0 aromatic heterocycles. The van der Waals surface area contributed by atoms with Crippen molar-refractivity contribution in [1.82, 2.24) is 0 Å². The standard InChI is InChI=1S/C25H25NO4/c1-14-11-22-19(18-8-7-17(27)12-20(14)18)9-10-25(2)23(22)13-21(24(25)28)15-3-5-16(6-4-15)26(29)30/h3-8,12,19,21-23,27H,1,9-11,13H2,2H3/t19-,21?,22-,23+,25+/m1/s1. The van der Waals surface area contributed by atoms with E-state index in [0.29, 0.717) is 11.8 Å². The fourth-order valence-electron chi connectivity index (χ4n) is 6.46. The topological polar surface area (TPSA) is 80.4 Å². The summed E-state index contributed by atoms with van der Waals surface area (Å²) in [6.07, 6.45) is 3.45. The van der Waals surface area contributed by atoms with E-state index in [0.717, 1.165) is 42.4 Å². The first-order valence-electron chi connectivity index (χ1n) is 10.6. The van der Waals surface area contributed by atoms with Gasteiger partial charge in [0.2, 0.25) is 0 Å². The van der Waals surface area contributed by atoms with Crippen LogP contribution in [0.2, 0.25) is 0 Å². The number of Topliss-reactive ketones (excluding diaryl/α,β-unsaturated/α-hetero) is 1. The Morgan fingerprint density at radius 1 is 1.20 bits per heavy atom. The van der Waals surface area contributed by atoms with Crippen LogP contribution in [0, 0.1) is 27.4 Å². The smallest absolute Gasteiger partial charge is 0.269 e. The first-order chi connectivity index (χ1) is 14.3. The SMILES string of the molecule is C=C1C[C@@H]2[C@H](CC[C@]3(C)C(=O)C(c4ccc([N+](=O)[O-])cc4)C[C@@H]23)c2ccc(O)cc21. The van der Waals surface area contributed by atoms with Crippen molar-refractivity contribution in [2.75, 3.05) is 0 Å². The Labute approximate surface area is 175 Å². The molecule has 5 heteroatoms. The molecule has 0 spiro atoms. The summed E-state index contributed by atoms with van der Waals surface area (Å²) in [6, 6.07) is 12.1. The number of phenolic OH excluding ortho intramolecular Hbond substituents is 1. The second kappa shape index (κ2) is 6.53. The summed E-state index contributed by atoms with van der Waals surface area (Å²) in [4.78, 5) is 24.1. The zero-order valence-electron chi connectivity index (χ0n) is 17.0. The van der Waals surface area contributed by atoms with Crippen LogP contribution in [0.1, 0.15) is 61.1 Å². The molecular formula is C25H25NO4. The number of rotatable bonds is 2. The number of nitro groups is 1. The van der Waals surface area contributed by atoms with Crippen molar-refractivity contribution in [3.8, 4) is 5.75 Å². The van der Waals surface area contributed by atoms with Crippen LogP contribution in [0.15, 0.2) is 49.0 Å². The fourth-order valence-corrected chi connectivity index (χ4v) is 6.46. The van der Waals surface area contributed by atoms with E-state index < -0.39 is 4.92 Å². The van der Waals surface area contributed by atoms with Gasteiger partial charge in [-0.3, -0.25) is 14.9 Å². The lowest BCUT2D eigenvalue weighted by Gasteiger charge is -2.48. The van der Waals surface area contributed by atoms with Gasteiger partial charge < -0.3 is 5.11 Å². The Hall–Kier alpha value is -2.95. The Morgan fingerprint density at radius 3 is 2.63 bits per heavy atom. The summed E-state index contributed by atoms with van der Waals surface area (Å²) in [5.41, 5.74) is 3.94. The first-order valence-corrected chi connectivity index (χ1v) is 10.6. The molecule has 2 aromatic rings. The molecule has 5 atom stereocenters. The van der Waals surface area contributed by atoms with Crippen LogP contribution in [0.5, 0.6) is 5.75 Å². The van der Waals surface area contributed by atoms with Gasteiger partial charge in [0.05, 0.1) is 4.92 Å². The third-order valence-corrected chi connectivity index (χ3v) is 8.00. The van der Waals surface area contributed by atoms with Gasteiger partial charge in [-0.1, -0.05) is 31.7 Å². The van der Waals surface area contributed by atoms with Gasteiger partial charge in [-0.15, -0.1) is 0 Å². The summed E-state index contributed by atoms with van der Waals surface area (Å²) < 4.78 is 0. The fraction of sp³-hybridized carbons (Fsp3) is 0.400. The molecule has 1 N–H and O–H groups in total. The van der Waals surface area contributed by atoms with Crippen molar-refractivity contribution in [3.05, 3.63) is 75.8 Å². The molecule has 3 aliphatic carbocycles. The zero-order chi connectivity index (χ0) is 21.2. The van der Waals surface area contributed by atoms with E-state index in [9.17, 15) is 20.0 Å². The Kier molecular flexibility index (Phi) is 4.14. The second-order valence-corrected chi connectivity index (χ2v) is 9.41. The summed E-state index contributed by atoms with van der Waals surface area (Å²) in [5.74, 6) is 1.36. The number of ketones is 1. The Bertz CT molecular complexity index is 1070. The summed E-state index contributed by atoms with van der Waals surface area (Å²) in [5, 5.41) is 20.9. The number of nitrogens with zero attached hydrogens (tertiary/aromatic N) is 1. The number of benzene rings is 2. The Balaban J connectivity index is 1.49. The highest BCUT2D eigenvalue weighted by molar-refractivity contribution is 5.93. The quantitative estimate of drug-likeness (QED) is 0.523. The maximum absolute atomic E-state index is 13.5. The van der Waals surface area contributed by atoms with Crippen molar-refractivity contribution in [1.29, 1.82) is 0 Å². The number of fused-ring (bicyclic) bond motifs is 5. The monoisotopic (exact) mass is 403 g/mol. The van der Waals surface area contributed by atoms with Crippen molar-refractivity contribution in [2.24, 2.45) is 17.3 Å². The lowest BCUT2D eigenvalue weighted by Crippen LogP contribution is -2.42. The number of hydrogen-bond donors (Lipinski definition) is 1. The van der Waals surface area contributed by atoms with Crippen LogP contribution >= 0.6 is 0 Å². The van der Waals surface area contributed by atoms with E-state index in [1.807, 2.05) is 12.1 Å². The van der Waals surface area contributed by atoms with Gasteiger partial charge >= 0.3 is 0 Å². The van der Waals surface area contributed by atoms with E-state index in [4.69, 9.17) is 0 Å². The highest BCUT2D eigenvalue weighted by Gasteiger charge is 2.58. The summed E-state index contributed by atoms with van der Waals surface area (Å²) in [6.45, 7) is 6.41. The van der Waals surface area contributed by atoms with Crippen LogP contribution in [0.25, 0.3) is 5.57 Å². The molecule has 0 radical (unpaired) electrons. The second-order valence-electron chi connectivity index (χ2n) is 9.41. The maximum atomic E-state index is 13.5. The van der Waals surface area contributed by atoms with E-state index in [1.165, 1.54) is 17.7 Å². The van der Waals surface area contributed by atoms with Crippen LogP contribution < -0.4 is 0 Å². The Morgan fingerprint density at radius 2 is 1.93 bits per heavy atom. The summed E-state index contributed by atoms with van der Waals surface area (Å²) >= 11 is 0. The van der Waals surface area contributed by atoms with Gasteiger partial charge in [0, 0.05) is 23.5 Å². The van der Waals surface area contributed by atoms with Crippen molar-refractivity contribution in [3.63, 3.8) is 0 Å². The number of non-ortho nitro benzene ring substituents is 1. The molecule has 0 amide bonds. The lowest BCUT2D eigenvalue weighted by molar-refractivity contribution is -0.384. The highest BCUT2D eigenvalue weighted by atomic mass is 16.6. The van der Waals surface area contributed by atoms with Gasteiger partial charge in [-0.2, -0.15) is 0 Å². The zero-order valence-corrected chi connectivity index (χ0v) is 17.0. The van der Waals surface area contributed by atoms with Crippen molar-refractivity contribution >= 4 is 17.0 Å². The number of aromatic hydroxyl groups is 1. The maximum Gasteiger partial charge on any atom is 0.269 e.